The topological polar surface area (TPSA) is 56.0 Å². The highest BCUT2D eigenvalue weighted by Crippen LogP contribution is 2.18. The van der Waals surface area contributed by atoms with Crippen molar-refractivity contribution in [1.82, 2.24) is 9.97 Å². The van der Waals surface area contributed by atoms with Crippen LogP contribution in [0.25, 0.3) is 11.5 Å². The number of pyridine rings is 1. The zero-order chi connectivity index (χ0) is 16.7. The summed E-state index contributed by atoms with van der Waals surface area (Å²) in [4.78, 5) is 20.3. The first-order chi connectivity index (χ1) is 11.0. The first-order valence-electron chi connectivity index (χ1n) is 7.86. The van der Waals surface area contributed by atoms with Gasteiger partial charge in [0.25, 0.3) is 5.89 Å². The number of hydrogen-bond donors (Lipinski definition) is 0. The molecule has 0 amide bonds. The van der Waals surface area contributed by atoms with E-state index < -0.39 is 8.07 Å². The van der Waals surface area contributed by atoms with Crippen LogP contribution in [-0.4, -0.2) is 23.8 Å². The molecule has 0 spiro atoms. The molecule has 4 nitrogen and oxygen atoms in total. The summed E-state index contributed by atoms with van der Waals surface area (Å²) in [5, 5.41) is 0. The summed E-state index contributed by atoms with van der Waals surface area (Å²) in [5.74, 6) is 3.84. The number of carbonyl (C=O) groups is 1. The van der Waals surface area contributed by atoms with E-state index in [1.54, 1.807) is 12.4 Å². The molecule has 0 bridgehead atoms. The number of aromatic nitrogens is 2. The van der Waals surface area contributed by atoms with Gasteiger partial charge < -0.3 is 4.42 Å². The Balaban J connectivity index is 1.80. The fourth-order valence-corrected chi connectivity index (χ4v) is 2.62. The van der Waals surface area contributed by atoms with E-state index in [4.69, 9.17) is 4.42 Å². The summed E-state index contributed by atoms with van der Waals surface area (Å²) in [6, 6.07) is 5.52. The van der Waals surface area contributed by atoms with Crippen LogP contribution in [-0.2, 0) is 0 Å². The number of Topliss-reactive ketones (excluding diaryl/α,β-unsaturated/α-hetero) is 1. The highest BCUT2D eigenvalue weighted by molar-refractivity contribution is 6.83. The molecule has 0 N–H and O–H groups in total. The fourth-order valence-electron chi connectivity index (χ4n) is 1.96. The summed E-state index contributed by atoms with van der Waals surface area (Å²) in [6.07, 6.45) is 6.26. The number of hydrogen-bond acceptors (Lipinski definition) is 4. The maximum absolute atomic E-state index is 12.1. The van der Waals surface area contributed by atoms with Crippen LogP contribution >= 0.6 is 0 Å². The summed E-state index contributed by atoms with van der Waals surface area (Å²) in [6.45, 7) is 6.68. The maximum atomic E-state index is 12.1. The van der Waals surface area contributed by atoms with Crippen molar-refractivity contribution >= 4 is 13.9 Å². The zero-order valence-electron chi connectivity index (χ0n) is 13.9. The number of oxazole rings is 1. The number of unbranched alkanes of at least 4 members (excludes halogenated alkanes) is 2. The largest absolute Gasteiger partial charge is 0.432 e. The normalized spacial score (nSPS) is 10.9. The predicted octanol–water partition coefficient (Wildman–Crippen LogP) is 4.36. The van der Waals surface area contributed by atoms with Gasteiger partial charge in [0.2, 0.25) is 5.78 Å². The van der Waals surface area contributed by atoms with Crippen LogP contribution in [0.4, 0.5) is 0 Å². The molecule has 2 rings (SSSR count). The average Bonchev–Trinajstić information content (AvgIpc) is 3.00. The Kier molecular flexibility index (Phi) is 5.88. The van der Waals surface area contributed by atoms with Gasteiger partial charge in [-0.05, 0) is 25.0 Å². The summed E-state index contributed by atoms with van der Waals surface area (Å²) in [5.41, 5.74) is 4.01. The lowest BCUT2D eigenvalue weighted by atomic mass is 10.1. The van der Waals surface area contributed by atoms with Gasteiger partial charge in [0.1, 0.15) is 13.8 Å². The lowest BCUT2D eigenvalue weighted by Gasteiger charge is -2.03. The Morgan fingerprint density at radius 3 is 2.74 bits per heavy atom. The third-order valence-corrected chi connectivity index (χ3v) is 4.01. The SMILES string of the molecule is C[Si](C)(C)C#CCCCCC(=O)c1ncc(-c2ccccn2)o1. The fraction of sp³-hybridized carbons (Fsp3) is 0.389. The summed E-state index contributed by atoms with van der Waals surface area (Å²) < 4.78 is 5.51. The Morgan fingerprint density at radius 1 is 1.22 bits per heavy atom. The molecular formula is C18H22N2O2Si. The molecule has 0 saturated heterocycles. The third-order valence-electron chi connectivity index (χ3n) is 3.08. The van der Waals surface area contributed by atoms with Crippen LogP contribution in [0.5, 0.6) is 0 Å². The first-order valence-corrected chi connectivity index (χ1v) is 11.4. The summed E-state index contributed by atoms with van der Waals surface area (Å²) >= 11 is 0. The van der Waals surface area contributed by atoms with Crippen LogP contribution in [0.2, 0.25) is 19.6 Å². The predicted molar refractivity (Wildman–Crippen MR) is 93.7 cm³/mol. The van der Waals surface area contributed by atoms with Gasteiger partial charge in [0, 0.05) is 19.0 Å². The molecule has 0 aromatic carbocycles. The van der Waals surface area contributed by atoms with Crippen molar-refractivity contribution in [2.45, 2.75) is 45.3 Å². The highest BCUT2D eigenvalue weighted by atomic mass is 28.3. The van der Waals surface area contributed by atoms with Crippen LogP contribution in [0.1, 0.15) is 36.4 Å². The molecular weight excluding hydrogens is 304 g/mol. The molecule has 0 atom stereocenters. The molecule has 23 heavy (non-hydrogen) atoms. The Labute approximate surface area is 138 Å². The average molecular weight is 326 g/mol. The smallest absolute Gasteiger partial charge is 0.263 e. The molecule has 2 aromatic heterocycles. The second kappa shape index (κ2) is 7.89. The number of rotatable bonds is 6. The molecule has 0 saturated carbocycles. The minimum atomic E-state index is -1.28. The molecule has 0 fully saturated rings. The van der Waals surface area contributed by atoms with Crippen molar-refractivity contribution < 1.29 is 9.21 Å². The molecule has 0 radical (unpaired) electrons. The van der Waals surface area contributed by atoms with Crippen molar-refractivity contribution in [3.63, 3.8) is 0 Å². The lowest BCUT2D eigenvalue weighted by Crippen LogP contribution is -2.16. The van der Waals surface area contributed by atoms with E-state index >= 15 is 0 Å². The van der Waals surface area contributed by atoms with Crippen molar-refractivity contribution in [1.29, 1.82) is 0 Å². The molecule has 120 valence electrons. The van der Waals surface area contributed by atoms with Crippen molar-refractivity contribution in [2.24, 2.45) is 0 Å². The van der Waals surface area contributed by atoms with Gasteiger partial charge >= 0.3 is 0 Å². The molecule has 0 aliphatic heterocycles. The Hall–Kier alpha value is -2.19. The van der Waals surface area contributed by atoms with Crippen LogP contribution in [0, 0.1) is 11.5 Å². The lowest BCUT2D eigenvalue weighted by molar-refractivity contribution is 0.0946. The van der Waals surface area contributed by atoms with E-state index in [2.05, 4.69) is 41.1 Å². The minimum Gasteiger partial charge on any atom is -0.432 e. The number of ketones is 1. The van der Waals surface area contributed by atoms with E-state index in [0.717, 1.165) is 19.3 Å². The maximum Gasteiger partial charge on any atom is 0.263 e. The van der Waals surface area contributed by atoms with Crippen LogP contribution < -0.4 is 0 Å². The highest BCUT2D eigenvalue weighted by Gasteiger charge is 2.14. The van der Waals surface area contributed by atoms with Gasteiger partial charge in [-0.1, -0.05) is 25.7 Å². The zero-order valence-corrected chi connectivity index (χ0v) is 14.9. The molecule has 2 aromatic rings. The summed E-state index contributed by atoms with van der Waals surface area (Å²) in [7, 11) is -1.28. The molecule has 0 aliphatic carbocycles. The van der Waals surface area contributed by atoms with Gasteiger partial charge in [-0.25, -0.2) is 4.98 Å². The van der Waals surface area contributed by atoms with Gasteiger partial charge in [0.05, 0.1) is 6.20 Å². The Morgan fingerprint density at radius 2 is 2.04 bits per heavy atom. The monoisotopic (exact) mass is 326 g/mol. The Bertz CT molecular complexity index is 706. The second-order valence-corrected chi connectivity index (χ2v) is 11.2. The van der Waals surface area contributed by atoms with Gasteiger partial charge in [0.15, 0.2) is 5.76 Å². The van der Waals surface area contributed by atoms with E-state index in [9.17, 15) is 4.79 Å². The first kappa shape index (κ1) is 17.2. The molecule has 0 unspecified atom stereocenters. The van der Waals surface area contributed by atoms with E-state index in [-0.39, 0.29) is 11.7 Å². The standard InChI is InChI=1S/C18H22N2O2Si/c1-23(2,3)13-9-5-4-6-11-16(21)18-20-14-17(22-18)15-10-7-8-12-19-15/h7-8,10,12,14H,4-6,11H2,1-3H3. The number of nitrogens with zero attached hydrogens (tertiary/aromatic N) is 2. The third kappa shape index (κ3) is 5.84. The van der Waals surface area contributed by atoms with Crippen LogP contribution in [0.15, 0.2) is 35.0 Å². The molecule has 2 heterocycles. The van der Waals surface area contributed by atoms with E-state index in [0.29, 0.717) is 17.9 Å². The quantitative estimate of drug-likeness (QED) is 0.342. The van der Waals surface area contributed by atoms with E-state index in [1.807, 2.05) is 18.2 Å². The molecule has 5 heteroatoms. The molecule has 0 aliphatic rings. The van der Waals surface area contributed by atoms with Crippen LogP contribution in [0.3, 0.4) is 0 Å². The second-order valence-electron chi connectivity index (χ2n) is 6.43. The van der Waals surface area contributed by atoms with Gasteiger partial charge in [-0.15, -0.1) is 11.5 Å². The van der Waals surface area contributed by atoms with Gasteiger partial charge in [-0.3, -0.25) is 9.78 Å². The van der Waals surface area contributed by atoms with Crippen molar-refractivity contribution in [3.05, 3.63) is 36.5 Å². The van der Waals surface area contributed by atoms with E-state index in [1.165, 1.54) is 0 Å². The van der Waals surface area contributed by atoms with Crippen molar-refractivity contribution in [2.75, 3.05) is 0 Å². The minimum absolute atomic E-state index is 0.0645. The van der Waals surface area contributed by atoms with Gasteiger partial charge in [-0.2, -0.15) is 0 Å². The number of carbonyl (C=O) groups excluding carboxylic acids is 1. The van der Waals surface area contributed by atoms with Crippen molar-refractivity contribution in [3.8, 4) is 22.9 Å².